The summed E-state index contributed by atoms with van der Waals surface area (Å²) in [5, 5.41) is 4.22. The van der Waals surface area contributed by atoms with E-state index in [1.54, 1.807) is 17.1 Å². The Morgan fingerprint density at radius 2 is 2.29 bits per heavy atom. The minimum atomic E-state index is 0.130. The summed E-state index contributed by atoms with van der Waals surface area (Å²) in [5.74, 6) is 1.47. The van der Waals surface area contributed by atoms with Gasteiger partial charge in [0.05, 0.1) is 18.5 Å². The van der Waals surface area contributed by atoms with Gasteiger partial charge in [-0.3, -0.25) is 0 Å². The van der Waals surface area contributed by atoms with Gasteiger partial charge in [0.25, 0.3) is 0 Å². The second-order valence-corrected chi connectivity index (χ2v) is 3.98. The van der Waals surface area contributed by atoms with Crippen LogP contribution in [0.3, 0.4) is 0 Å². The van der Waals surface area contributed by atoms with Gasteiger partial charge in [-0.25, -0.2) is 9.67 Å². The molecule has 0 aliphatic rings. The number of hydrogen-bond acceptors (Lipinski definition) is 4. The maximum absolute atomic E-state index is 5.66. The van der Waals surface area contributed by atoms with Crippen molar-refractivity contribution in [2.45, 2.75) is 26.5 Å². The van der Waals surface area contributed by atoms with E-state index in [1.807, 2.05) is 32.2 Å². The normalized spacial score (nSPS) is 10.8. The zero-order valence-electron chi connectivity index (χ0n) is 10.00. The average Bonchev–Trinajstić information content (AvgIpc) is 2.76. The van der Waals surface area contributed by atoms with Crippen LogP contribution in [-0.4, -0.2) is 20.9 Å². The molecule has 5 heteroatoms. The molecule has 2 N–H and O–H groups in total. The van der Waals surface area contributed by atoms with Crippen LogP contribution in [0.15, 0.2) is 30.7 Å². The quantitative estimate of drug-likeness (QED) is 0.867. The highest BCUT2D eigenvalue weighted by Gasteiger charge is 2.07. The SMILES string of the molecule is CC(C)Oc1cnn(-c2ncccc2CN)c1. The molecule has 0 radical (unpaired) electrons. The topological polar surface area (TPSA) is 66.0 Å². The predicted molar refractivity (Wildman–Crippen MR) is 65.0 cm³/mol. The van der Waals surface area contributed by atoms with Gasteiger partial charge in [0.15, 0.2) is 11.6 Å². The van der Waals surface area contributed by atoms with Crippen LogP contribution in [0.2, 0.25) is 0 Å². The molecule has 0 aliphatic heterocycles. The molecule has 0 aromatic carbocycles. The Bertz CT molecular complexity index is 493. The standard InChI is InChI=1S/C12H16N4O/c1-9(2)17-11-7-15-16(8-11)12-10(6-13)4-3-5-14-12/h3-5,7-9H,6,13H2,1-2H3. The van der Waals surface area contributed by atoms with Crippen LogP contribution >= 0.6 is 0 Å². The van der Waals surface area contributed by atoms with Crippen LogP contribution in [0.5, 0.6) is 5.75 Å². The molecule has 2 rings (SSSR count). The first-order valence-corrected chi connectivity index (χ1v) is 5.56. The van der Waals surface area contributed by atoms with E-state index in [9.17, 15) is 0 Å². The number of aromatic nitrogens is 3. The minimum absolute atomic E-state index is 0.130. The second kappa shape index (κ2) is 4.97. The van der Waals surface area contributed by atoms with Gasteiger partial charge in [-0.05, 0) is 19.9 Å². The molecule has 2 aromatic rings. The van der Waals surface area contributed by atoms with Gasteiger partial charge in [0.2, 0.25) is 0 Å². The van der Waals surface area contributed by atoms with Crippen LogP contribution < -0.4 is 10.5 Å². The second-order valence-electron chi connectivity index (χ2n) is 3.98. The van der Waals surface area contributed by atoms with Crippen LogP contribution in [0.4, 0.5) is 0 Å². The van der Waals surface area contributed by atoms with E-state index in [-0.39, 0.29) is 6.10 Å². The maximum Gasteiger partial charge on any atom is 0.158 e. The Morgan fingerprint density at radius 1 is 1.47 bits per heavy atom. The van der Waals surface area contributed by atoms with E-state index in [2.05, 4.69) is 10.1 Å². The third-order valence-electron chi connectivity index (χ3n) is 2.24. The molecule has 90 valence electrons. The van der Waals surface area contributed by atoms with Crippen LogP contribution in [0, 0.1) is 0 Å². The minimum Gasteiger partial charge on any atom is -0.488 e. The van der Waals surface area contributed by atoms with E-state index >= 15 is 0 Å². The van der Waals surface area contributed by atoms with Gasteiger partial charge in [0, 0.05) is 18.3 Å². The number of nitrogens with zero attached hydrogens (tertiary/aromatic N) is 3. The lowest BCUT2D eigenvalue weighted by atomic mass is 10.2. The molecule has 2 heterocycles. The van der Waals surface area contributed by atoms with E-state index in [1.165, 1.54) is 0 Å². The fraction of sp³-hybridized carbons (Fsp3) is 0.333. The molecule has 0 spiro atoms. The summed E-state index contributed by atoms with van der Waals surface area (Å²) in [6, 6.07) is 3.80. The molecule has 0 atom stereocenters. The van der Waals surface area contributed by atoms with Crippen molar-refractivity contribution in [1.29, 1.82) is 0 Å². The molecule has 17 heavy (non-hydrogen) atoms. The summed E-state index contributed by atoms with van der Waals surface area (Å²) < 4.78 is 7.23. The molecule has 0 saturated carbocycles. The fourth-order valence-corrected chi connectivity index (χ4v) is 1.55. The lowest BCUT2D eigenvalue weighted by molar-refractivity contribution is 0.242. The molecule has 0 aliphatic carbocycles. The summed E-state index contributed by atoms with van der Waals surface area (Å²) in [6.07, 6.45) is 5.33. The van der Waals surface area contributed by atoms with Crippen LogP contribution in [0.1, 0.15) is 19.4 Å². The predicted octanol–water partition coefficient (Wildman–Crippen LogP) is 1.51. The van der Waals surface area contributed by atoms with Gasteiger partial charge in [-0.15, -0.1) is 0 Å². The Kier molecular flexibility index (Phi) is 3.39. The third kappa shape index (κ3) is 2.62. The Balaban J connectivity index is 2.30. The molecule has 5 nitrogen and oxygen atoms in total. The first kappa shape index (κ1) is 11.6. The zero-order valence-corrected chi connectivity index (χ0v) is 10.00. The van der Waals surface area contributed by atoms with Crippen LogP contribution in [0.25, 0.3) is 5.82 Å². The van der Waals surface area contributed by atoms with Gasteiger partial charge >= 0.3 is 0 Å². The summed E-state index contributed by atoms with van der Waals surface area (Å²) in [5.41, 5.74) is 6.61. The number of nitrogens with two attached hydrogens (primary N) is 1. The summed E-state index contributed by atoms with van der Waals surface area (Å²) in [6.45, 7) is 4.39. The number of rotatable bonds is 4. The van der Waals surface area contributed by atoms with E-state index in [4.69, 9.17) is 10.5 Å². The van der Waals surface area contributed by atoms with Crippen LogP contribution in [-0.2, 0) is 6.54 Å². The molecular weight excluding hydrogens is 216 g/mol. The van der Waals surface area contributed by atoms with Crippen molar-refractivity contribution in [3.63, 3.8) is 0 Å². The Labute approximate surface area is 100 Å². The highest BCUT2D eigenvalue weighted by Crippen LogP contribution is 2.15. The first-order chi connectivity index (χ1) is 8.20. The number of hydrogen-bond donors (Lipinski definition) is 1. The zero-order chi connectivity index (χ0) is 12.3. The number of ether oxygens (including phenoxy) is 1. The monoisotopic (exact) mass is 232 g/mol. The lowest BCUT2D eigenvalue weighted by Crippen LogP contribution is -2.07. The molecule has 0 amide bonds. The molecule has 0 saturated heterocycles. The molecule has 0 unspecified atom stereocenters. The van der Waals surface area contributed by atoms with E-state index in [0.717, 1.165) is 17.1 Å². The Morgan fingerprint density at radius 3 is 3.00 bits per heavy atom. The van der Waals surface area contributed by atoms with Gasteiger partial charge < -0.3 is 10.5 Å². The van der Waals surface area contributed by atoms with Crippen molar-refractivity contribution in [2.24, 2.45) is 5.73 Å². The number of pyridine rings is 1. The van der Waals surface area contributed by atoms with Crippen molar-refractivity contribution in [2.75, 3.05) is 0 Å². The van der Waals surface area contributed by atoms with E-state index < -0.39 is 0 Å². The largest absolute Gasteiger partial charge is 0.488 e. The lowest BCUT2D eigenvalue weighted by Gasteiger charge is -2.06. The molecule has 0 bridgehead atoms. The van der Waals surface area contributed by atoms with E-state index in [0.29, 0.717) is 6.54 Å². The first-order valence-electron chi connectivity index (χ1n) is 5.56. The van der Waals surface area contributed by atoms with Gasteiger partial charge in [-0.1, -0.05) is 6.07 Å². The molecule has 2 aromatic heterocycles. The molecule has 0 fully saturated rings. The van der Waals surface area contributed by atoms with Crippen molar-refractivity contribution < 1.29 is 4.74 Å². The highest BCUT2D eigenvalue weighted by molar-refractivity contribution is 5.34. The Hall–Kier alpha value is -1.88. The average molecular weight is 232 g/mol. The fourth-order valence-electron chi connectivity index (χ4n) is 1.55. The smallest absolute Gasteiger partial charge is 0.158 e. The molecular formula is C12H16N4O. The summed E-state index contributed by atoms with van der Waals surface area (Å²) >= 11 is 0. The van der Waals surface area contributed by atoms with Crippen molar-refractivity contribution in [1.82, 2.24) is 14.8 Å². The highest BCUT2D eigenvalue weighted by atomic mass is 16.5. The summed E-state index contributed by atoms with van der Waals surface area (Å²) in [7, 11) is 0. The summed E-state index contributed by atoms with van der Waals surface area (Å²) in [4.78, 5) is 4.28. The van der Waals surface area contributed by atoms with Crippen molar-refractivity contribution in [3.8, 4) is 11.6 Å². The van der Waals surface area contributed by atoms with Gasteiger partial charge in [-0.2, -0.15) is 5.10 Å². The third-order valence-corrected chi connectivity index (χ3v) is 2.24. The van der Waals surface area contributed by atoms with Gasteiger partial charge in [0.1, 0.15) is 0 Å². The van der Waals surface area contributed by atoms with Crippen molar-refractivity contribution >= 4 is 0 Å². The maximum atomic E-state index is 5.66. The van der Waals surface area contributed by atoms with Crippen molar-refractivity contribution in [3.05, 3.63) is 36.3 Å².